The van der Waals surface area contributed by atoms with Crippen LogP contribution < -0.4 is 0 Å². The first-order chi connectivity index (χ1) is 12.1. The molecule has 2 heterocycles. The second-order valence-corrected chi connectivity index (χ2v) is 6.08. The van der Waals surface area contributed by atoms with Gasteiger partial charge in [-0.25, -0.2) is 4.79 Å². The number of methoxy groups -OCH3 is 1. The van der Waals surface area contributed by atoms with E-state index in [4.69, 9.17) is 9.47 Å². The number of ether oxygens (including phenoxy) is 2. The molecule has 1 atom stereocenters. The van der Waals surface area contributed by atoms with Crippen LogP contribution in [-0.2, 0) is 27.2 Å². The monoisotopic (exact) mass is 342 g/mol. The van der Waals surface area contributed by atoms with Crippen molar-refractivity contribution in [2.24, 2.45) is 0 Å². The normalized spacial score (nSPS) is 14.9. The first kappa shape index (κ1) is 17.2. The summed E-state index contributed by atoms with van der Waals surface area (Å²) in [4.78, 5) is 29.7. The van der Waals surface area contributed by atoms with Gasteiger partial charge in [-0.05, 0) is 13.0 Å². The fraction of sp³-hybridized carbons (Fsp3) is 0.368. The third kappa shape index (κ3) is 3.17. The maximum atomic E-state index is 12.6. The summed E-state index contributed by atoms with van der Waals surface area (Å²) in [6.07, 6.45) is 1.84. The van der Waals surface area contributed by atoms with Gasteiger partial charge in [0.1, 0.15) is 6.10 Å². The highest BCUT2D eigenvalue weighted by Gasteiger charge is 2.28. The van der Waals surface area contributed by atoms with Crippen molar-refractivity contribution in [1.29, 1.82) is 0 Å². The summed E-state index contributed by atoms with van der Waals surface area (Å²) in [6, 6.07) is 5.53. The van der Waals surface area contributed by atoms with Crippen LogP contribution in [0.3, 0.4) is 0 Å². The molecule has 6 nitrogen and oxygen atoms in total. The van der Waals surface area contributed by atoms with Gasteiger partial charge in [-0.15, -0.1) is 6.58 Å². The van der Waals surface area contributed by atoms with E-state index in [9.17, 15) is 9.59 Å². The summed E-state index contributed by atoms with van der Waals surface area (Å²) in [5, 5.41) is 0.954. The Bertz CT molecular complexity index is 824. The summed E-state index contributed by atoms with van der Waals surface area (Å²) in [7, 11) is 1.37. The lowest BCUT2D eigenvalue weighted by Gasteiger charge is -2.29. The van der Waals surface area contributed by atoms with Gasteiger partial charge in [0.05, 0.1) is 24.8 Å². The summed E-state index contributed by atoms with van der Waals surface area (Å²) >= 11 is 0. The molecular formula is C19H22N2O4. The minimum absolute atomic E-state index is 0.0361. The predicted molar refractivity (Wildman–Crippen MR) is 94.4 cm³/mol. The molecule has 0 bridgehead atoms. The number of fused-ring (bicyclic) bond motifs is 3. The van der Waals surface area contributed by atoms with Gasteiger partial charge < -0.3 is 19.4 Å². The minimum Gasteiger partial charge on any atom is -0.465 e. The number of hydrogen-bond acceptors (Lipinski definition) is 4. The summed E-state index contributed by atoms with van der Waals surface area (Å²) < 4.78 is 10.3. The second kappa shape index (κ2) is 7.11. The third-order valence-corrected chi connectivity index (χ3v) is 4.54. The quantitative estimate of drug-likeness (QED) is 0.669. The van der Waals surface area contributed by atoms with Gasteiger partial charge in [-0.1, -0.05) is 18.2 Å². The molecule has 1 amide bonds. The summed E-state index contributed by atoms with van der Waals surface area (Å²) in [5.74, 6) is -0.408. The highest BCUT2D eigenvalue weighted by atomic mass is 16.5. The zero-order valence-corrected chi connectivity index (χ0v) is 14.5. The number of nitrogens with one attached hydrogen (secondary N) is 1. The van der Waals surface area contributed by atoms with E-state index in [1.807, 2.05) is 12.1 Å². The number of aromatic amines is 1. The largest absolute Gasteiger partial charge is 0.465 e. The van der Waals surface area contributed by atoms with E-state index in [1.54, 1.807) is 24.0 Å². The molecule has 0 saturated carbocycles. The Morgan fingerprint density at radius 2 is 2.24 bits per heavy atom. The third-order valence-electron chi connectivity index (χ3n) is 4.54. The molecule has 6 heteroatoms. The van der Waals surface area contributed by atoms with E-state index in [0.29, 0.717) is 31.7 Å². The van der Waals surface area contributed by atoms with Gasteiger partial charge >= 0.3 is 5.97 Å². The molecule has 1 aromatic carbocycles. The lowest BCUT2D eigenvalue weighted by Crippen LogP contribution is -2.42. The molecule has 2 aromatic rings. The zero-order valence-electron chi connectivity index (χ0n) is 14.5. The molecule has 1 aliphatic heterocycles. The number of carbonyl (C=O) groups excluding carboxylic acids is 2. The predicted octanol–water partition coefficient (Wildman–Crippen LogP) is 2.43. The first-order valence-electron chi connectivity index (χ1n) is 8.28. The Kier molecular flexibility index (Phi) is 4.90. The fourth-order valence-corrected chi connectivity index (χ4v) is 3.25. The number of esters is 1. The minimum atomic E-state index is -0.504. The highest BCUT2D eigenvalue weighted by Crippen LogP contribution is 2.30. The van der Waals surface area contributed by atoms with Crippen LogP contribution in [0.2, 0.25) is 0 Å². The van der Waals surface area contributed by atoms with Gasteiger partial charge in [0.15, 0.2) is 0 Å². The van der Waals surface area contributed by atoms with Crippen LogP contribution in [0.5, 0.6) is 0 Å². The lowest BCUT2D eigenvalue weighted by molar-refractivity contribution is -0.142. The molecule has 0 spiro atoms. The van der Waals surface area contributed by atoms with Crippen LogP contribution >= 0.6 is 0 Å². The van der Waals surface area contributed by atoms with Crippen molar-refractivity contribution < 1.29 is 19.1 Å². The molecule has 0 fully saturated rings. The number of hydrogen-bond donors (Lipinski definition) is 1. The molecule has 25 heavy (non-hydrogen) atoms. The number of carbonyl (C=O) groups is 2. The number of benzene rings is 1. The van der Waals surface area contributed by atoms with Crippen LogP contribution in [-0.4, -0.2) is 48.1 Å². The maximum absolute atomic E-state index is 12.6. The number of amides is 1. The Balaban J connectivity index is 1.89. The Labute approximate surface area is 146 Å². The van der Waals surface area contributed by atoms with Gasteiger partial charge in [-0.2, -0.15) is 0 Å². The summed E-state index contributed by atoms with van der Waals surface area (Å²) in [6.45, 7) is 6.82. The molecular weight excluding hydrogens is 320 g/mol. The average molecular weight is 342 g/mol. The van der Waals surface area contributed by atoms with E-state index in [1.165, 1.54) is 7.11 Å². The molecule has 1 aliphatic rings. The molecule has 0 aliphatic carbocycles. The lowest BCUT2D eigenvalue weighted by atomic mass is 10.0. The van der Waals surface area contributed by atoms with Crippen LogP contribution in [0.1, 0.15) is 28.5 Å². The molecule has 1 N–H and O–H groups in total. The van der Waals surface area contributed by atoms with Gasteiger partial charge in [0, 0.05) is 36.2 Å². The van der Waals surface area contributed by atoms with Crippen molar-refractivity contribution in [2.45, 2.75) is 26.0 Å². The molecule has 1 aromatic heterocycles. The molecule has 0 unspecified atom stereocenters. The molecule has 132 valence electrons. The maximum Gasteiger partial charge on any atom is 0.339 e. The van der Waals surface area contributed by atoms with Crippen LogP contribution in [0.25, 0.3) is 10.9 Å². The van der Waals surface area contributed by atoms with E-state index >= 15 is 0 Å². The van der Waals surface area contributed by atoms with E-state index in [0.717, 1.165) is 22.2 Å². The Morgan fingerprint density at radius 3 is 2.96 bits per heavy atom. The van der Waals surface area contributed by atoms with Crippen molar-refractivity contribution in [1.82, 2.24) is 9.88 Å². The topological polar surface area (TPSA) is 71.6 Å². The van der Waals surface area contributed by atoms with E-state index < -0.39 is 6.10 Å². The molecule has 0 saturated heterocycles. The number of nitrogens with zero attached hydrogens (tertiary/aromatic N) is 1. The number of para-hydroxylation sites is 1. The van der Waals surface area contributed by atoms with Crippen molar-refractivity contribution in [3.8, 4) is 0 Å². The molecule has 0 radical (unpaired) electrons. The number of rotatable bonds is 5. The standard InChI is InChI=1S/C19H22N2O4/c1-4-10-25-12(2)18(22)21-9-8-16-15(11-21)13-6-5-7-14(17(13)20-16)19(23)24-3/h4-7,12,20H,1,8-11H2,2-3H3/t12-/m0/s1. The van der Waals surface area contributed by atoms with Crippen molar-refractivity contribution in [3.05, 3.63) is 47.7 Å². The average Bonchev–Trinajstić information content (AvgIpc) is 3.02. The van der Waals surface area contributed by atoms with Crippen LogP contribution in [0.15, 0.2) is 30.9 Å². The second-order valence-electron chi connectivity index (χ2n) is 6.08. The number of H-pyrrole nitrogens is 1. The first-order valence-corrected chi connectivity index (χ1v) is 8.28. The zero-order chi connectivity index (χ0) is 18.0. The van der Waals surface area contributed by atoms with E-state index in [2.05, 4.69) is 11.6 Å². The number of aromatic nitrogens is 1. The van der Waals surface area contributed by atoms with Crippen LogP contribution in [0.4, 0.5) is 0 Å². The van der Waals surface area contributed by atoms with Crippen molar-refractivity contribution in [3.63, 3.8) is 0 Å². The fourth-order valence-electron chi connectivity index (χ4n) is 3.25. The Hall–Kier alpha value is -2.60. The van der Waals surface area contributed by atoms with Gasteiger partial charge in [0.25, 0.3) is 5.91 Å². The highest BCUT2D eigenvalue weighted by molar-refractivity contribution is 6.04. The van der Waals surface area contributed by atoms with Crippen molar-refractivity contribution >= 4 is 22.8 Å². The van der Waals surface area contributed by atoms with Gasteiger partial charge in [-0.3, -0.25) is 4.79 Å². The van der Waals surface area contributed by atoms with Crippen molar-refractivity contribution in [2.75, 3.05) is 20.3 Å². The smallest absolute Gasteiger partial charge is 0.339 e. The van der Waals surface area contributed by atoms with Crippen LogP contribution in [0, 0.1) is 0 Å². The van der Waals surface area contributed by atoms with Gasteiger partial charge in [0.2, 0.25) is 0 Å². The molecule has 3 rings (SSSR count). The van der Waals surface area contributed by atoms with E-state index in [-0.39, 0.29) is 11.9 Å². The SMILES string of the molecule is C=CCO[C@@H](C)C(=O)N1CCc2[nH]c3c(C(=O)OC)cccc3c2C1. The summed E-state index contributed by atoms with van der Waals surface area (Å²) in [5.41, 5.74) is 3.39. The Morgan fingerprint density at radius 1 is 1.44 bits per heavy atom.